The Labute approximate surface area is 151 Å². The largest absolute Gasteiger partial charge is 0.322 e. The maximum atomic E-state index is 14.0. The Morgan fingerprint density at radius 2 is 1.81 bits per heavy atom. The number of carbonyl (C=O) groups is 1. The number of aryl methyl sites for hydroxylation is 1. The van der Waals surface area contributed by atoms with Crippen LogP contribution in [0.1, 0.15) is 36.2 Å². The van der Waals surface area contributed by atoms with Crippen molar-refractivity contribution in [2.75, 3.05) is 5.32 Å². The van der Waals surface area contributed by atoms with Gasteiger partial charge in [0.15, 0.2) is 0 Å². The lowest BCUT2D eigenvalue weighted by atomic mass is 10.1. The van der Waals surface area contributed by atoms with Gasteiger partial charge >= 0.3 is 0 Å². The van der Waals surface area contributed by atoms with Gasteiger partial charge in [0.1, 0.15) is 11.6 Å². The van der Waals surface area contributed by atoms with Crippen molar-refractivity contribution in [2.45, 2.75) is 38.1 Å². The number of sulfonamides is 1. The fraction of sp³-hybridized carbons (Fsp3) is 0.278. The van der Waals surface area contributed by atoms with Crippen molar-refractivity contribution in [3.63, 3.8) is 0 Å². The summed E-state index contributed by atoms with van der Waals surface area (Å²) in [6.07, 6.45) is 0.576. The first-order chi connectivity index (χ1) is 12.1. The van der Waals surface area contributed by atoms with E-state index in [0.29, 0.717) is 12.0 Å². The highest BCUT2D eigenvalue weighted by molar-refractivity contribution is 7.89. The highest BCUT2D eigenvalue weighted by atomic mass is 32.2. The number of carbonyl (C=O) groups excluding carboxylic acids is 1. The summed E-state index contributed by atoms with van der Waals surface area (Å²) in [5, 5.41) is 2.36. The quantitative estimate of drug-likeness (QED) is 0.802. The molecule has 0 bridgehead atoms. The molecule has 140 valence electrons. The third kappa shape index (κ3) is 4.64. The van der Waals surface area contributed by atoms with Gasteiger partial charge in [-0.25, -0.2) is 21.9 Å². The normalized spacial score (nSPS) is 12.7. The number of hydrogen-bond acceptors (Lipinski definition) is 3. The van der Waals surface area contributed by atoms with Gasteiger partial charge in [0.25, 0.3) is 5.91 Å². The summed E-state index contributed by atoms with van der Waals surface area (Å²) in [6.45, 7) is 5.08. The first-order valence-electron chi connectivity index (χ1n) is 8.03. The van der Waals surface area contributed by atoms with E-state index in [1.807, 2.05) is 6.92 Å². The SMILES string of the molecule is CC[C@H](C)NS(=O)(=O)c1ccc(F)c(C(=O)Nc2ccc(C)c(F)c2)c1. The van der Waals surface area contributed by atoms with Crippen molar-refractivity contribution < 1.29 is 22.0 Å². The molecule has 1 atom stereocenters. The lowest BCUT2D eigenvalue weighted by Gasteiger charge is -2.13. The molecule has 2 N–H and O–H groups in total. The average molecular weight is 382 g/mol. The van der Waals surface area contributed by atoms with Crippen LogP contribution in [0.15, 0.2) is 41.3 Å². The summed E-state index contributed by atoms with van der Waals surface area (Å²) in [5.74, 6) is -2.26. The standard InChI is InChI=1S/C18H20F2N2O3S/c1-4-12(3)22-26(24,25)14-7-8-16(19)15(10-14)18(23)21-13-6-5-11(2)17(20)9-13/h5-10,12,22H,4H2,1-3H3,(H,21,23)/t12-/m0/s1. The molecule has 0 spiro atoms. The van der Waals surface area contributed by atoms with Gasteiger partial charge in [-0.1, -0.05) is 13.0 Å². The zero-order chi connectivity index (χ0) is 19.5. The summed E-state index contributed by atoms with van der Waals surface area (Å²) in [6, 6.07) is 6.70. The third-order valence-corrected chi connectivity index (χ3v) is 5.48. The van der Waals surface area contributed by atoms with Crippen LogP contribution in [0, 0.1) is 18.6 Å². The zero-order valence-corrected chi connectivity index (χ0v) is 15.5. The van der Waals surface area contributed by atoms with Crippen LogP contribution in [0.5, 0.6) is 0 Å². The molecule has 0 aromatic heterocycles. The molecule has 8 heteroatoms. The molecule has 2 aromatic carbocycles. The number of nitrogens with one attached hydrogen (secondary N) is 2. The minimum atomic E-state index is -3.89. The number of hydrogen-bond donors (Lipinski definition) is 2. The van der Waals surface area contributed by atoms with Gasteiger partial charge < -0.3 is 5.32 Å². The van der Waals surface area contributed by atoms with E-state index in [-0.39, 0.29) is 16.6 Å². The molecule has 0 aliphatic rings. The number of rotatable bonds is 6. The van der Waals surface area contributed by atoms with Crippen molar-refractivity contribution in [1.29, 1.82) is 0 Å². The minimum Gasteiger partial charge on any atom is -0.322 e. The Kier molecular flexibility index (Phi) is 6.09. The summed E-state index contributed by atoms with van der Waals surface area (Å²) < 4.78 is 54.7. The monoisotopic (exact) mass is 382 g/mol. The Morgan fingerprint density at radius 3 is 2.42 bits per heavy atom. The molecule has 2 aromatic rings. The van der Waals surface area contributed by atoms with Crippen LogP contribution < -0.4 is 10.0 Å². The van der Waals surface area contributed by atoms with Crippen LogP contribution in [0.3, 0.4) is 0 Å². The molecular formula is C18H20F2N2O3S. The van der Waals surface area contributed by atoms with E-state index in [1.165, 1.54) is 12.1 Å². The Hall–Kier alpha value is -2.32. The van der Waals surface area contributed by atoms with Gasteiger partial charge in [-0.2, -0.15) is 0 Å². The van der Waals surface area contributed by atoms with E-state index in [0.717, 1.165) is 24.3 Å². The lowest BCUT2D eigenvalue weighted by molar-refractivity contribution is 0.102. The summed E-state index contributed by atoms with van der Waals surface area (Å²) in [7, 11) is -3.89. The lowest BCUT2D eigenvalue weighted by Crippen LogP contribution is -2.32. The summed E-state index contributed by atoms with van der Waals surface area (Å²) in [4.78, 5) is 12.1. The molecule has 0 aliphatic heterocycles. The van der Waals surface area contributed by atoms with Gasteiger partial charge in [0, 0.05) is 11.7 Å². The molecule has 0 radical (unpaired) electrons. The van der Waals surface area contributed by atoms with E-state index in [4.69, 9.17) is 0 Å². The average Bonchev–Trinajstić information content (AvgIpc) is 2.57. The van der Waals surface area contributed by atoms with E-state index in [2.05, 4.69) is 10.0 Å². The van der Waals surface area contributed by atoms with Crippen molar-refractivity contribution in [3.8, 4) is 0 Å². The molecule has 0 aliphatic carbocycles. The van der Waals surface area contributed by atoms with Crippen LogP contribution in [-0.4, -0.2) is 20.4 Å². The van der Waals surface area contributed by atoms with Crippen molar-refractivity contribution in [3.05, 3.63) is 59.2 Å². The molecule has 0 saturated carbocycles. The van der Waals surface area contributed by atoms with E-state index < -0.39 is 33.1 Å². The molecular weight excluding hydrogens is 362 g/mol. The molecule has 0 saturated heterocycles. The summed E-state index contributed by atoms with van der Waals surface area (Å²) >= 11 is 0. The van der Waals surface area contributed by atoms with Crippen LogP contribution in [0.4, 0.5) is 14.5 Å². The predicted octanol–water partition coefficient (Wildman–Crippen LogP) is 3.60. The maximum absolute atomic E-state index is 14.0. The summed E-state index contributed by atoms with van der Waals surface area (Å²) in [5.41, 5.74) is 0.0971. The first-order valence-corrected chi connectivity index (χ1v) is 9.51. The van der Waals surface area contributed by atoms with Crippen LogP contribution >= 0.6 is 0 Å². The van der Waals surface area contributed by atoms with E-state index >= 15 is 0 Å². The highest BCUT2D eigenvalue weighted by Gasteiger charge is 2.21. The zero-order valence-electron chi connectivity index (χ0n) is 14.6. The van der Waals surface area contributed by atoms with Gasteiger partial charge in [0.2, 0.25) is 10.0 Å². The second-order valence-corrected chi connectivity index (χ2v) is 7.70. The van der Waals surface area contributed by atoms with Gasteiger partial charge in [-0.15, -0.1) is 0 Å². The van der Waals surface area contributed by atoms with Gasteiger partial charge in [-0.05, 0) is 56.2 Å². The predicted molar refractivity (Wildman–Crippen MR) is 95.6 cm³/mol. The molecule has 2 rings (SSSR count). The number of anilines is 1. The molecule has 5 nitrogen and oxygen atoms in total. The van der Waals surface area contributed by atoms with Crippen LogP contribution in [0.2, 0.25) is 0 Å². The van der Waals surface area contributed by atoms with Gasteiger partial charge in [0.05, 0.1) is 10.5 Å². The highest BCUT2D eigenvalue weighted by Crippen LogP contribution is 2.19. The fourth-order valence-corrected chi connectivity index (χ4v) is 3.48. The van der Waals surface area contributed by atoms with Crippen molar-refractivity contribution >= 4 is 21.6 Å². The van der Waals surface area contributed by atoms with E-state index in [1.54, 1.807) is 13.8 Å². The fourth-order valence-electron chi connectivity index (χ4n) is 2.13. The van der Waals surface area contributed by atoms with Crippen LogP contribution in [0.25, 0.3) is 0 Å². The number of halogens is 2. The Bertz CT molecular complexity index is 930. The Balaban J connectivity index is 2.31. The molecule has 0 fully saturated rings. The molecule has 1 amide bonds. The molecule has 0 unspecified atom stereocenters. The second kappa shape index (κ2) is 7.92. The second-order valence-electron chi connectivity index (χ2n) is 5.99. The molecule has 26 heavy (non-hydrogen) atoms. The van der Waals surface area contributed by atoms with Crippen LogP contribution in [-0.2, 0) is 10.0 Å². The van der Waals surface area contributed by atoms with Crippen molar-refractivity contribution in [1.82, 2.24) is 4.72 Å². The van der Waals surface area contributed by atoms with Crippen molar-refractivity contribution in [2.24, 2.45) is 0 Å². The molecule has 0 heterocycles. The third-order valence-electron chi connectivity index (χ3n) is 3.89. The van der Waals surface area contributed by atoms with E-state index in [9.17, 15) is 22.0 Å². The number of amides is 1. The maximum Gasteiger partial charge on any atom is 0.258 e. The smallest absolute Gasteiger partial charge is 0.258 e. The Morgan fingerprint density at radius 1 is 1.12 bits per heavy atom. The minimum absolute atomic E-state index is 0.142. The first kappa shape index (κ1) is 20.0. The van der Waals surface area contributed by atoms with Gasteiger partial charge in [-0.3, -0.25) is 4.79 Å². The number of benzene rings is 2. The topological polar surface area (TPSA) is 75.3 Å².